The molecule has 0 atom stereocenters. The van der Waals surface area contributed by atoms with Crippen LogP contribution in [-0.2, 0) is 0 Å². The van der Waals surface area contributed by atoms with Gasteiger partial charge in [-0.2, -0.15) is 0 Å². The second kappa shape index (κ2) is 6.35. The first-order valence-electron chi connectivity index (χ1n) is 4.84. The summed E-state index contributed by atoms with van der Waals surface area (Å²) in [4.78, 5) is 11.5. The first-order valence-corrected chi connectivity index (χ1v) is 5.82. The molecule has 0 heterocycles. The number of amides is 1. The Morgan fingerprint density at radius 3 is 2.60 bits per heavy atom. The molecule has 1 rings (SSSR count). The van der Waals surface area contributed by atoms with E-state index >= 15 is 0 Å². The number of nitrogens with one attached hydrogen (secondary N) is 1. The highest BCUT2D eigenvalue weighted by Gasteiger charge is 2.04. The largest absolute Gasteiger partial charge is 0.497 e. The van der Waals surface area contributed by atoms with Gasteiger partial charge in [-0.3, -0.25) is 9.52 Å². The van der Waals surface area contributed by atoms with Gasteiger partial charge in [0.25, 0.3) is 5.91 Å². The molecule has 0 aliphatic carbocycles. The summed E-state index contributed by atoms with van der Waals surface area (Å²) in [5.41, 5.74) is 0.652. The molecule has 1 N–H and O–H groups in total. The molecule has 15 heavy (non-hydrogen) atoms. The van der Waals surface area contributed by atoms with Gasteiger partial charge < -0.3 is 4.74 Å². The van der Waals surface area contributed by atoms with Crippen LogP contribution in [0.4, 0.5) is 0 Å². The van der Waals surface area contributed by atoms with E-state index in [1.54, 1.807) is 31.4 Å². The molecule has 1 amide bonds. The van der Waals surface area contributed by atoms with Gasteiger partial charge in [0.15, 0.2) is 0 Å². The number of carbonyl (C=O) groups is 1. The van der Waals surface area contributed by atoms with Crippen molar-refractivity contribution in [2.24, 2.45) is 0 Å². The number of hydrogen-bond donors (Lipinski definition) is 1. The number of hydrogen-bond acceptors (Lipinski definition) is 3. The minimum Gasteiger partial charge on any atom is -0.497 e. The molecule has 0 aromatic heterocycles. The topological polar surface area (TPSA) is 38.3 Å². The van der Waals surface area contributed by atoms with Gasteiger partial charge in [-0.25, -0.2) is 0 Å². The maximum Gasteiger partial charge on any atom is 0.261 e. The molecule has 4 heteroatoms. The first-order chi connectivity index (χ1) is 7.27. The molecular weight excluding hydrogens is 210 g/mol. The highest BCUT2D eigenvalue weighted by molar-refractivity contribution is 7.97. The molecule has 0 aliphatic rings. The van der Waals surface area contributed by atoms with Gasteiger partial charge in [0.05, 0.1) is 7.11 Å². The van der Waals surface area contributed by atoms with E-state index in [0.29, 0.717) is 5.56 Å². The lowest BCUT2D eigenvalue weighted by Crippen LogP contribution is -2.16. The summed E-state index contributed by atoms with van der Waals surface area (Å²) in [6.45, 7) is 2.08. The molecular formula is C11H15NO2S. The van der Waals surface area contributed by atoms with Crippen LogP contribution in [0, 0.1) is 0 Å². The third-order valence-corrected chi connectivity index (χ3v) is 2.77. The van der Waals surface area contributed by atoms with Crippen LogP contribution < -0.4 is 9.46 Å². The third kappa shape index (κ3) is 3.83. The Labute approximate surface area is 94.3 Å². The minimum atomic E-state index is -0.0592. The Morgan fingerprint density at radius 2 is 2.07 bits per heavy atom. The summed E-state index contributed by atoms with van der Waals surface area (Å²) >= 11 is 1.44. The van der Waals surface area contributed by atoms with Crippen LogP contribution in [0.15, 0.2) is 24.3 Å². The van der Waals surface area contributed by atoms with Crippen molar-refractivity contribution < 1.29 is 9.53 Å². The van der Waals surface area contributed by atoms with E-state index in [0.717, 1.165) is 17.9 Å². The van der Waals surface area contributed by atoms with Crippen molar-refractivity contribution in [1.29, 1.82) is 0 Å². The second-order valence-electron chi connectivity index (χ2n) is 3.01. The zero-order valence-corrected chi connectivity index (χ0v) is 9.76. The minimum absolute atomic E-state index is 0.0592. The predicted molar refractivity (Wildman–Crippen MR) is 63.2 cm³/mol. The summed E-state index contributed by atoms with van der Waals surface area (Å²) in [5, 5.41) is 0. The van der Waals surface area contributed by atoms with Crippen molar-refractivity contribution >= 4 is 17.9 Å². The fraction of sp³-hybridized carbons (Fsp3) is 0.364. The summed E-state index contributed by atoms with van der Waals surface area (Å²) in [6, 6.07) is 7.06. The van der Waals surface area contributed by atoms with E-state index in [4.69, 9.17) is 4.74 Å². The van der Waals surface area contributed by atoms with Crippen LogP contribution in [0.5, 0.6) is 5.75 Å². The van der Waals surface area contributed by atoms with Crippen LogP contribution in [0.25, 0.3) is 0 Å². The molecule has 3 nitrogen and oxygen atoms in total. The summed E-state index contributed by atoms with van der Waals surface area (Å²) in [6.07, 6.45) is 1.05. The monoisotopic (exact) mass is 225 g/mol. The SMILES string of the molecule is CCCSNC(=O)c1ccc(OC)cc1. The second-order valence-corrected chi connectivity index (χ2v) is 3.91. The van der Waals surface area contributed by atoms with Gasteiger partial charge in [0, 0.05) is 11.3 Å². The Morgan fingerprint density at radius 1 is 1.40 bits per heavy atom. The number of benzene rings is 1. The fourth-order valence-corrected chi connectivity index (χ4v) is 1.58. The van der Waals surface area contributed by atoms with Crippen molar-refractivity contribution in [3.8, 4) is 5.75 Å². The number of rotatable bonds is 5. The fourth-order valence-electron chi connectivity index (χ4n) is 1.02. The smallest absolute Gasteiger partial charge is 0.261 e. The van der Waals surface area contributed by atoms with E-state index in [1.807, 2.05) is 0 Å². The Hall–Kier alpha value is -1.16. The van der Waals surface area contributed by atoms with Gasteiger partial charge >= 0.3 is 0 Å². The van der Waals surface area contributed by atoms with Gasteiger partial charge in [-0.15, -0.1) is 0 Å². The highest BCUT2D eigenvalue weighted by atomic mass is 32.2. The quantitative estimate of drug-likeness (QED) is 0.618. The van der Waals surface area contributed by atoms with E-state index in [2.05, 4.69) is 11.6 Å². The highest BCUT2D eigenvalue weighted by Crippen LogP contribution is 2.11. The van der Waals surface area contributed by atoms with E-state index in [9.17, 15) is 4.79 Å². The average Bonchev–Trinajstić information content (AvgIpc) is 2.29. The number of ether oxygens (including phenoxy) is 1. The molecule has 0 aliphatic heterocycles. The van der Waals surface area contributed by atoms with Crippen molar-refractivity contribution in [3.63, 3.8) is 0 Å². The van der Waals surface area contributed by atoms with Crippen LogP contribution >= 0.6 is 11.9 Å². The van der Waals surface area contributed by atoms with Crippen LogP contribution in [0.2, 0.25) is 0 Å². The van der Waals surface area contributed by atoms with Crippen LogP contribution in [-0.4, -0.2) is 18.8 Å². The molecule has 0 bridgehead atoms. The summed E-state index contributed by atoms with van der Waals surface area (Å²) in [7, 11) is 1.60. The Balaban J connectivity index is 2.50. The van der Waals surface area contributed by atoms with Gasteiger partial charge in [0.2, 0.25) is 0 Å². The van der Waals surface area contributed by atoms with Crippen molar-refractivity contribution in [3.05, 3.63) is 29.8 Å². The summed E-state index contributed by atoms with van der Waals surface area (Å²) < 4.78 is 7.78. The molecule has 1 aromatic rings. The van der Waals surface area contributed by atoms with Crippen LogP contribution in [0.3, 0.4) is 0 Å². The standard InChI is InChI=1S/C11H15NO2S/c1-3-8-15-12-11(13)9-4-6-10(14-2)7-5-9/h4-7H,3,8H2,1-2H3,(H,12,13). The van der Waals surface area contributed by atoms with Crippen molar-refractivity contribution in [2.75, 3.05) is 12.9 Å². The normalized spacial score (nSPS) is 9.73. The zero-order valence-electron chi connectivity index (χ0n) is 8.95. The van der Waals surface area contributed by atoms with Gasteiger partial charge in [0.1, 0.15) is 5.75 Å². The lowest BCUT2D eigenvalue weighted by molar-refractivity contribution is 0.0984. The Kier molecular flexibility index (Phi) is 5.04. The van der Waals surface area contributed by atoms with Crippen molar-refractivity contribution in [2.45, 2.75) is 13.3 Å². The van der Waals surface area contributed by atoms with Gasteiger partial charge in [-0.1, -0.05) is 18.9 Å². The lowest BCUT2D eigenvalue weighted by Gasteiger charge is -2.04. The maximum absolute atomic E-state index is 11.5. The average molecular weight is 225 g/mol. The van der Waals surface area contributed by atoms with Crippen LogP contribution in [0.1, 0.15) is 23.7 Å². The molecule has 0 spiro atoms. The van der Waals surface area contributed by atoms with E-state index in [-0.39, 0.29) is 5.91 Å². The van der Waals surface area contributed by atoms with E-state index in [1.165, 1.54) is 11.9 Å². The van der Waals surface area contributed by atoms with E-state index < -0.39 is 0 Å². The molecule has 82 valence electrons. The van der Waals surface area contributed by atoms with Gasteiger partial charge in [-0.05, 0) is 30.7 Å². The maximum atomic E-state index is 11.5. The number of methoxy groups -OCH3 is 1. The Bertz CT molecular complexity index is 311. The lowest BCUT2D eigenvalue weighted by atomic mass is 10.2. The molecule has 0 saturated carbocycles. The number of carbonyl (C=O) groups excluding carboxylic acids is 1. The molecule has 0 radical (unpaired) electrons. The molecule has 0 unspecified atom stereocenters. The summed E-state index contributed by atoms with van der Waals surface area (Å²) in [5.74, 6) is 1.63. The molecule has 1 aromatic carbocycles. The molecule has 0 saturated heterocycles. The van der Waals surface area contributed by atoms with Crippen molar-refractivity contribution in [1.82, 2.24) is 4.72 Å². The predicted octanol–water partition coefficient (Wildman–Crippen LogP) is 2.48. The first kappa shape index (κ1) is 11.9. The zero-order chi connectivity index (χ0) is 11.1. The third-order valence-electron chi connectivity index (χ3n) is 1.82. The molecule has 0 fully saturated rings.